The predicted molar refractivity (Wildman–Crippen MR) is 90.1 cm³/mol. The molecule has 1 aromatic carbocycles. The Kier molecular flexibility index (Phi) is 4.98. The van der Waals surface area contributed by atoms with E-state index in [0.717, 1.165) is 11.1 Å². The van der Waals surface area contributed by atoms with Crippen molar-refractivity contribution in [1.29, 1.82) is 0 Å². The third-order valence-electron chi connectivity index (χ3n) is 3.63. The van der Waals surface area contributed by atoms with Crippen LogP contribution in [0.1, 0.15) is 16.1 Å². The SMILES string of the molecule is O=C(c1cc(-c2ccccc2)n[nH]1)N(CCO)Cc1cccnc1. The van der Waals surface area contributed by atoms with E-state index in [2.05, 4.69) is 15.2 Å². The maximum Gasteiger partial charge on any atom is 0.272 e. The number of H-pyrrole nitrogens is 1. The number of hydrogen-bond donors (Lipinski definition) is 2. The van der Waals surface area contributed by atoms with Gasteiger partial charge >= 0.3 is 0 Å². The topological polar surface area (TPSA) is 82.1 Å². The molecule has 122 valence electrons. The van der Waals surface area contributed by atoms with Crippen LogP contribution in [0, 0.1) is 0 Å². The van der Waals surface area contributed by atoms with Crippen LogP contribution in [-0.4, -0.2) is 44.2 Å². The molecular weight excluding hydrogens is 304 g/mol. The number of nitrogens with one attached hydrogen (secondary N) is 1. The Hall–Kier alpha value is -2.99. The summed E-state index contributed by atoms with van der Waals surface area (Å²) in [5, 5.41) is 16.3. The van der Waals surface area contributed by atoms with Gasteiger partial charge in [-0.1, -0.05) is 36.4 Å². The van der Waals surface area contributed by atoms with Crippen LogP contribution < -0.4 is 0 Å². The number of pyridine rings is 1. The fourth-order valence-electron chi connectivity index (χ4n) is 2.44. The molecular formula is C18H18N4O2. The summed E-state index contributed by atoms with van der Waals surface area (Å²) < 4.78 is 0. The summed E-state index contributed by atoms with van der Waals surface area (Å²) in [6.07, 6.45) is 3.39. The van der Waals surface area contributed by atoms with E-state index in [9.17, 15) is 9.90 Å². The largest absolute Gasteiger partial charge is 0.395 e. The average molecular weight is 322 g/mol. The molecule has 6 nitrogen and oxygen atoms in total. The third kappa shape index (κ3) is 3.67. The van der Waals surface area contributed by atoms with Crippen molar-refractivity contribution in [3.05, 3.63) is 72.2 Å². The van der Waals surface area contributed by atoms with E-state index in [1.165, 1.54) is 0 Å². The number of carbonyl (C=O) groups excluding carboxylic acids is 1. The van der Waals surface area contributed by atoms with Crippen molar-refractivity contribution in [2.45, 2.75) is 6.54 Å². The molecule has 1 amide bonds. The summed E-state index contributed by atoms with van der Waals surface area (Å²) in [5.74, 6) is -0.206. The van der Waals surface area contributed by atoms with E-state index in [-0.39, 0.29) is 19.1 Å². The molecule has 2 heterocycles. The molecule has 0 bridgehead atoms. The lowest BCUT2D eigenvalue weighted by Crippen LogP contribution is -2.33. The number of nitrogens with zero attached hydrogens (tertiary/aromatic N) is 3. The number of amides is 1. The van der Waals surface area contributed by atoms with Gasteiger partial charge in [0.2, 0.25) is 0 Å². The molecule has 0 aliphatic carbocycles. The van der Waals surface area contributed by atoms with E-state index < -0.39 is 0 Å². The quantitative estimate of drug-likeness (QED) is 0.728. The van der Waals surface area contributed by atoms with Gasteiger partial charge in [-0.15, -0.1) is 0 Å². The first-order valence-corrected chi connectivity index (χ1v) is 7.68. The van der Waals surface area contributed by atoms with Crippen molar-refractivity contribution in [3.8, 4) is 11.3 Å². The van der Waals surface area contributed by atoms with E-state index in [0.29, 0.717) is 17.9 Å². The summed E-state index contributed by atoms with van der Waals surface area (Å²) >= 11 is 0. The van der Waals surface area contributed by atoms with Gasteiger partial charge in [-0.25, -0.2) is 0 Å². The molecule has 24 heavy (non-hydrogen) atoms. The number of aliphatic hydroxyl groups excluding tert-OH is 1. The maximum absolute atomic E-state index is 12.7. The monoisotopic (exact) mass is 322 g/mol. The number of aromatic amines is 1. The van der Waals surface area contributed by atoms with Crippen molar-refractivity contribution < 1.29 is 9.90 Å². The lowest BCUT2D eigenvalue weighted by molar-refractivity contribution is 0.0701. The molecule has 2 aromatic heterocycles. The molecule has 6 heteroatoms. The molecule has 0 aliphatic rings. The molecule has 3 rings (SSSR count). The zero-order chi connectivity index (χ0) is 16.8. The van der Waals surface area contributed by atoms with Crippen LogP contribution in [0.25, 0.3) is 11.3 Å². The number of rotatable bonds is 6. The molecule has 0 saturated heterocycles. The summed E-state index contributed by atoms with van der Waals surface area (Å²) in [6.45, 7) is 0.520. The zero-order valence-corrected chi connectivity index (χ0v) is 13.1. The molecule has 2 N–H and O–H groups in total. The summed E-state index contributed by atoms with van der Waals surface area (Å²) in [4.78, 5) is 18.3. The Bertz CT molecular complexity index is 787. The van der Waals surface area contributed by atoms with Gasteiger partial charge in [-0.3, -0.25) is 14.9 Å². The second-order valence-electron chi connectivity index (χ2n) is 5.34. The summed E-state index contributed by atoms with van der Waals surface area (Å²) in [7, 11) is 0. The van der Waals surface area contributed by atoms with Crippen LogP contribution in [0.4, 0.5) is 0 Å². The summed E-state index contributed by atoms with van der Waals surface area (Å²) in [5.41, 5.74) is 2.95. The lowest BCUT2D eigenvalue weighted by atomic mass is 10.1. The van der Waals surface area contributed by atoms with E-state index >= 15 is 0 Å². The smallest absolute Gasteiger partial charge is 0.272 e. The van der Waals surface area contributed by atoms with Gasteiger partial charge in [-0.2, -0.15) is 5.10 Å². The second kappa shape index (κ2) is 7.52. The van der Waals surface area contributed by atoms with E-state index in [1.807, 2.05) is 42.5 Å². The normalized spacial score (nSPS) is 10.5. The zero-order valence-electron chi connectivity index (χ0n) is 13.1. The predicted octanol–water partition coefficient (Wildman–Crippen LogP) is 2.11. The van der Waals surface area contributed by atoms with Gasteiger partial charge in [0.15, 0.2) is 0 Å². The Morgan fingerprint density at radius 3 is 2.71 bits per heavy atom. The highest BCUT2D eigenvalue weighted by molar-refractivity contribution is 5.93. The van der Waals surface area contributed by atoms with Crippen LogP contribution >= 0.6 is 0 Å². The number of benzene rings is 1. The van der Waals surface area contributed by atoms with E-state index in [1.54, 1.807) is 23.4 Å². The van der Waals surface area contributed by atoms with Gasteiger partial charge in [0.1, 0.15) is 5.69 Å². The van der Waals surface area contributed by atoms with Gasteiger partial charge in [0.05, 0.1) is 12.3 Å². The van der Waals surface area contributed by atoms with Gasteiger partial charge < -0.3 is 10.0 Å². The van der Waals surface area contributed by atoms with Crippen molar-refractivity contribution >= 4 is 5.91 Å². The molecule has 0 unspecified atom stereocenters. The minimum atomic E-state index is -0.206. The van der Waals surface area contributed by atoms with Crippen molar-refractivity contribution in [2.75, 3.05) is 13.2 Å². The summed E-state index contributed by atoms with van der Waals surface area (Å²) in [6, 6.07) is 15.1. The average Bonchev–Trinajstić information content (AvgIpc) is 3.12. The van der Waals surface area contributed by atoms with E-state index in [4.69, 9.17) is 0 Å². The van der Waals surface area contributed by atoms with Gasteiger partial charge in [-0.05, 0) is 17.7 Å². The Labute approximate surface area is 139 Å². The van der Waals surface area contributed by atoms with Crippen LogP contribution in [0.5, 0.6) is 0 Å². The van der Waals surface area contributed by atoms with Crippen molar-refractivity contribution in [3.63, 3.8) is 0 Å². The van der Waals surface area contributed by atoms with Gasteiger partial charge in [0, 0.05) is 31.0 Å². The standard InChI is InChI=1S/C18H18N4O2/c23-10-9-22(13-14-5-4-8-19-12-14)18(24)17-11-16(20-21-17)15-6-2-1-3-7-15/h1-8,11-12,23H,9-10,13H2,(H,20,21). The molecule has 0 atom stereocenters. The molecule has 0 spiro atoms. The van der Waals surface area contributed by atoms with Crippen LogP contribution in [0.2, 0.25) is 0 Å². The number of aromatic nitrogens is 3. The Morgan fingerprint density at radius 2 is 2.00 bits per heavy atom. The fraction of sp³-hybridized carbons (Fsp3) is 0.167. The second-order valence-corrected chi connectivity index (χ2v) is 5.34. The first-order valence-electron chi connectivity index (χ1n) is 7.68. The molecule has 3 aromatic rings. The third-order valence-corrected chi connectivity index (χ3v) is 3.63. The molecule has 0 saturated carbocycles. The molecule has 0 fully saturated rings. The molecule has 0 aliphatic heterocycles. The first kappa shape index (κ1) is 15.9. The molecule has 0 radical (unpaired) electrons. The minimum Gasteiger partial charge on any atom is -0.395 e. The number of aliphatic hydroxyl groups is 1. The highest BCUT2D eigenvalue weighted by Crippen LogP contribution is 2.18. The van der Waals surface area contributed by atoms with Crippen molar-refractivity contribution in [1.82, 2.24) is 20.1 Å². The highest BCUT2D eigenvalue weighted by atomic mass is 16.3. The van der Waals surface area contributed by atoms with Gasteiger partial charge in [0.25, 0.3) is 5.91 Å². The fourth-order valence-corrected chi connectivity index (χ4v) is 2.44. The lowest BCUT2D eigenvalue weighted by Gasteiger charge is -2.20. The van der Waals surface area contributed by atoms with Crippen LogP contribution in [-0.2, 0) is 6.54 Å². The van der Waals surface area contributed by atoms with Crippen molar-refractivity contribution in [2.24, 2.45) is 0 Å². The van der Waals surface area contributed by atoms with Crippen LogP contribution in [0.15, 0.2) is 60.9 Å². The Morgan fingerprint density at radius 1 is 1.17 bits per heavy atom. The first-order chi connectivity index (χ1) is 11.8. The number of carbonyl (C=O) groups is 1. The van der Waals surface area contributed by atoms with Crippen LogP contribution in [0.3, 0.4) is 0 Å². The number of hydrogen-bond acceptors (Lipinski definition) is 4. The minimum absolute atomic E-state index is 0.105. The Balaban J connectivity index is 1.79. The maximum atomic E-state index is 12.7. The highest BCUT2D eigenvalue weighted by Gasteiger charge is 2.18.